The van der Waals surface area contributed by atoms with E-state index >= 15 is 0 Å². The molecule has 7 nitrogen and oxygen atoms in total. The Morgan fingerprint density at radius 2 is 1.17 bits per heavy atom. The topological polar surface area (TPSA) is 86.6 Å². The molecule has 0 aromatic heterocycles. The van der Waals surface area contributed by atoms with Crippen LogP contribution in [0.25, 0.3) is 0 Å². The summed E-state index contributed by atoms with van der Waals surface area (Å²) in [5.41, 5.74) is 0. The SMILES string of the molecule is CCCCO[Si](OCCCC)(OCCCC)[O][Zr]([OH])([OH])[O]C(C)C. The Morgan fingerprint density at radius 1 is 0.792 bits per heavy atom. The van der Waals surface area contributed by atoms with Gasteiger partial charge >= 0.3 is 155 Å². The first-order valence-corrected chi connectivity index (χ1v) is 14.9. The Bertz CT molecular complexity index is 279. The van der Waals surface area contributed by atoms with Gasteiger partial charge in [0.25, 0.3) is 0 Å². The summed E-state index contributed by atoms with van der Waals surface area (Å²) in [5, 5.41) is 0. The van der Waals surface area contributed by atoms with Crippen LogP contribution in [0.4, 0.5) is 0 Å². The third-order valence-corrected chi connectivity index (χ3v) is 10.9. The van der Waals surface area contributed by atoms with E-state index in [9.17, 15) is 6.37 Å². The van der Waals surface area contributed by atoms with Crippen LogP contribution in [0.2, 0.25) is 0 Å². The van der Waals surface area contributed by atoms with Gasteiger partial charge in [0.05, 0.1) is 0 Å². The Labute approximate surface area is 155 Å². The van der Waals surface area contributed by atoms with E-state index in [0.29, 0.717) is 19.8 Å². The summed E-state index contributed by atoms with van der Waals surface area (Å²) >= 11 is -5.21. The van der Waals surface area contributed by atoms with Crippen LogP contribution in [0.3, 0.4) is 0 Å². The summed E-state index contributed by atoms with van der Waals surface area (Å²) in [6.07, 6.45) is 4.94. The van der Waals surface area contributed by atoms with Gasteiger partial charge in [-0.15, -0.1) is 0 Å². The summed E-state index contributed by atoms with van der Waals surface area (Å²) in [6.45, 7) is 10.8. The molecular formula is C15H36O7SiZr. The zero-order valence-corrected chi connectivity index (χ0v) is 19.3. The molecule has 0 atom stereocenters. The van der Waals surface area contributed by atoms with E-state index in [4.69, 9.17) is 18.6 Å². The molecular weight excluding hydrogens is 411 g/mol. The summed E-state index contributed by atoms with van der Waals surface area (Å²) in [6, 6.07) is 0. The Kier molecular flexibility index (Phi) is 14.4. The Balaban J connectivity index is 5.09. The van der Waals surface area contributed by atoms with Crippen molar-refractivity contribution in [2.75, 3.05) is 19.8 Å². The molecule has 0 amide bonds. The van der Waals surface area contributed by atoms with Crippen molar-refractivity contribution in [1.82, 2.24) is 0 Å². The minimum absolute atomic E-state index is 0.357. The third kappa shape index (κ3) is 12.2. The number of hydrogen-bond acceptors (Lipinski definition) is 7. The molecule has 146 valence electrons. The quantitative estimate of drug-likeness (QED) is 0.278. The van der Waals surface area contributed by atoms with Gasteiger partial charge in [-0.25, -0.2) is 0 Å². The minimum atomic E-state index is -5.21. The van der Waals surface area contributed by atoms with E-state index < -0.39 is 31.1 Å². The average molecular weight is 448 g/mol. The molecule has 0 spiro atoms. The van der Waals surface area contributed by atoms with Crippen molar-refractivity contribution in [3.05, 3.63) is 0 Å². The summed E-state index contributed by atoms with van der Waals surface area (Å²) in [4.78, 5) is 0. The first kappa shape index (κ1) is 24.8. The molecule has 0 saturated heterocycles. The molecule has 0 saturated carbocycles. The fourth-order valence-corrected chi connectivity index (χ4v) is 9.28. The van der Waals surface area contributed by atoms with Crippen LogP contribution in [-0.2, 0) is 40.6 Å². The van der Waals surface area contributed by atoms with Gasteiger partial charge in [-0.2, -0.15) is 0 Å². The van der Waals surface area contributed by atoms with Crippen LogP contribution >= 0.6 is 0 Å². The monoisotopic (exact) mass is 446 g/mol. The fraction of sp³-hybridized carbons (Fsp3) is 1.00. The van der Waals surface area contributed by atoms with Crippen molar-refractivity contribution in [3.63, 3.8) is 0 Å². The second kappa shape index (κ2) is 13.9. The van der Waals surface area contributed by atoms with E-state index in [2.05, 4.69) is 0 Å². The summed E-state index contributed by atoms with van der Waals surface area (Å²) in [7, 11) is -3.64. The number of unbranched alkanes of at least 4 members (excludes halogenated alkanes) is 3. The van der Waals surface area contributed by atoms with Gasteiger partial charge in [0.1, 0.15) is 0 Å². The molecule has 0 bridgehead atoms. The van der Waals surface area contributed by atoms with Gasteiger partial charge in [-0.1, -0.05) is 0 Å². The fourth-order valence-electron chi connectivity index (χ4n) is 1.73. The van der Waals surface area contributed by atoms with Gasteiger partial charge in [0.2, 0.25) is 0 Å². The molecule has 0 aliphatic rings. The average Bonchev–Trinajstić information content (AvgIpc) is 2.46. The molecule has 0 radical (unpaired) electrons. The normalized spacial score (nSPS) is 13.0. The van der Waals surface area contributed by atoms with Crippen molar-refractivity contribution in [1.29, 1.82) is 0 Å². The molecule has 0 aromatic carbocycles. The van der Waals surface area contributed by atoms with E-state index in [0.717, 1.165) is 38.5 Å². The molecule has 0 aliphatic carbocycles. The first-order chi connectivity index (χ1) is 11.3. The maximum atomic E-state index is 10.2. The zero-order chi connectivity index (χ0) is 18.5. The van der Waals surface area contributed by atoms with E-state index in [1.54, 1.807) is 13.8 Å². The van der Waals surface area contributed by atoms with E-state index in [1.807, 2.05) is 20.8 Å². The molecule has 0 heterocycles. The van der Waals surface area contributed by atoms with Crippen LogP contribution in [0.5, 0.6) is 0 Å². The van der Waals surface area contributed by atoms with Crippen molar-refractivity contribution >= 4 is 9.05 Å². The Hall–Kier alpha value is 0.820. The first-order valence-electron chi connectivity index (χ1n) is 9.05. The van der Waals surface area contributed by atoms with Crippen molar-refractivity contribution in [3.8, 4) is 0 Å². The molecule has 2 N–H and O–H groups in total. The molecule has 0 rings (SSSR count). The molecule has 9 heteroatoms. The van der Waals surface area contributed by atoms with Crippen LogP contribution in [0.1, 0.15) is 73.1 Å². The molecule has 0 aromatic rings. The van der Waals surface area contributed by atoms with Gasteiger partial charge < -0.3 is 0 Å². The number of rotatable bonds is 16. The maximum absolute atomic E-state index is 10.2. The van der Waals surface area contributed by atoms with Crippen LogP contribution < -0.4 is 0 Å². The molecule has 0 fully saturated rings. The van der Waals surface area contributed by atoms with Gasteiger partial charge in [-0.3, -0.25) is 0 Å². The van der Waals surface area contributed by atoms with Crippen LogP contribution in [0, 0.1) is 0 Å². The van der Waals surface area contributed by atoms with Crippen molar-refractivity contribution in [2.24, 2.45) is 0 Å². The van der Waals surface area contributed by atoms with Gasteiger partial charge in [0.15, 0.2) is 0 Å². The number of hydrogen-bond donors (Lipinski definition) is 2. The second-order valence-corrected chi connectivity index (χ2v) is 12.8. The van der Waals surface area contributed by atoms with E-state index in [-0.39, 0.29) is 6.10 Å². The molecule has 24 heavy (non-hydrogen) atoms. The van der Waals surface area contributed by atoms with Crippen LogP contribution in [0.15, 0.2) is 0 Å². The third-order valence-electron chi connectivity index (χ3n) is 2.98. The van der Waals surface area contributed by atoms with Crippen molar-refractivity contribution < 1.29 is 47.0 Å². The Morgan fingerprint density at radius 3 is 1.46 bits per heavy atom. The van der Waals surface area contributed by atoms with Crippen LogP contribution in [-0.4, -0.2) is 41.3 Å². The second-order valence-electron chi connectivity index (χ2n) is 5.92. The van der Waals surface area contributed by atoms with Gasteiger partial charge in [0, 0.05) is 0 Å². The molecule has 0 unspecified atom stereocenters. The predicted octanol–water partition coefficient (Wildman–Crippen LogP) is 3.11. The summed E-state index contributed by atoms with van der Waals surface area (Å²) in [5.74, 6) is 0. The van der Waals surface area contributed by atoms with Crippen molar-refractivity contribution in [2.45, 2.75) is 79.2 Å². The van der Waals surface area contributed by atoms with Gasteiger partial charge in [-0.05, 0) is 0 Å². The summed E-state index contributed by atoms with van der Waals surface area (Å²) < 4.78 is 48.6. The predicted molar refractivity (Wildman–Crippen MR) is 90.1 cm³/mol. The zero-order valence-electron chi connectivity index (χ0n) is 15.9. The van der Waals surface area contributed by atoms with E-state index in [1.165, 1.54) is 0 Å². The molecule has 0 aliphatic heterocycles. The standard InChI is InChI=1S/C12H27O4Si.C3H7O.2H2O.Zr/c1-4-7-10-14-17(13,15-11-8-5-2)16-12-9-6-3;1-3(2)4;;;/h4-12H2,1-3H3;3H,1-2H3;2*1H2;/q2*-1;;;+4/p-2.